The summed E-state index contributed by atoms with van der Waals surface area (Å²) in [6, 6.07) is 9.88. The van der Waals surface area contributed by atoms with Crippen LogP contribution < -0.4 is 5.32 Å². The quantitative estimate of drug-likeness (QED) is 0.851. The minimum absolute atomic E-state index is 0.0994. The molecule has 2 aromatic rings. The molecule has 0 saturated heterocycles. The molecule has 0 aliphatic carbocycles. The van der Waals surface area contributed by atoms with Gasteiger partial charge in [0.1, 0.15) is 5.69 Å². The molecular formula is C18H21N3O3. The van der Waals surface area contributed by atoms with Crippen molar-refractivity contribution in [1.82, 2.24) is 15.3 Å². The zero-order chi connectivity index (χ0) is 17.7. The molecule has 1 heterocycles. The number of hydrogen-bond acceptors (Lipinski definition) is 4. The van der Waals surface area contributed by atoms with E-state index in [1.165, 1.54) is 6.20 Å². The summed E-state index contributed by atoms with van der Waals surface area (Å²) >= 11 is 0. The molecule has 126 valence electrons. The van der Waals surface area contributed by atoms with E-state index in [4.69, 9.17) is 5.11 Å². The number of rotatable bonds is 6. The molecule has 1 atom stereocenters. The van der Waals surface area contributed by atoms with Crippen molar-refractivity contribution in [2.75, 3.05) is 0 Å². The van der Waals surface area contributed by atoms with Gasteiger partial charge in [0.25, 0.3) is 5.91 Å². The minimum Gasteiger partial charge on any atom is -0.476 e. The Labute approximate surface area is 141 Å². The number of carbonyl (C=O) groups excluding carboxylic acids is 1. The first-order valence-electron chi connectivity index (χ1n) is 7.78. The Morgan fingerprint density at radius 1 is 1.12 bits per heavy atom. The minimum atomic E-state index is -1.17. The van der Waals surface area contributed by atoms with Crippen LogP contribution >= 0.6 is 0 Å². The van der Waals surface area contributed by atoms with Gasteiger partial charge in [-0.25, -0.2) is 14.8 Å². The average Bonchev–Trinajstić information content (AvgIpc) is 2.60. The van der Waals surface area contributed by atoms with Crippen molar-refractivity contribution >= 4 is 11.9 Å². The number of aromatic nitrogens is 2. The molecule has 1 aromatic heterocycles. The third-order valence-electron chi connectivity index (χ3n) is 4.21. The fourth-order valence-electron chi connectivity index (χ4n) is 2.65. The Kier molecular flexibility index (Phi) is 5.28. The van der Waals surface area contributed by atoms with E-state index in [0.717, 1.165) is 18.2 Å². The van der Waals surface area contributed by atoms with Crippen LogP contribution in [0.4, 0.5) is 0 Å². The molecule has 0 bridgehead atoms. The van der Waals surface area contributed by atoms with Crippen LogP contribution in [0, 0.1) is 0 Å². The lowest BCUT2D eigenvalue weighted by Gasteiger charge is -2.35. The first-order chi connectivity index (χ1) is 11.4. The van der Waals surface area contributed by atoms with Gasteiger partial charge >= 0.3 is 5.97 Å². The lowest BCUT2D eigenvalue weighted by Crippen LogP contribution is -2.47. The molecule has 1 unspecified atom stereocenters. The maximum absolute atomic E-state index is 12.4. The van der Waals surface area contributed by atoms with Crippen LogP contribution in [0.25, 0.3) is 0 Å². The molecule has 24 heavy (non-hydrogen) atoms. The third kappa shape index (κ3) is 3.76. The van der Waals surface area contributed by atoms with Gasteiger partial charge < -0.3 is 10.4 Å². The maximum atomic E-state index is 12.4. The van der Waals surface area contributed by atoms with Crippen molar-refractivity contribution in [3.05, 3.63) is 59.7 Å². The number of carboxylic acids is 1. The number of benzene rings is 1. The van der Waals surface area contributed by atoms with Crippen LogP contribution in [0.1, 0.15) is 53.7 Å². The smallest absolute Gasteiger partial charge is 0.356 e. The van der Waals surface area contributed by atoms with Gasteiger partial charge in [-0.15, -0.1) is 0 Å². The van der Waals surface area contributed by atoms with Gasteiger partial charge in [-0.2, -0.15) is 0 Å². The Bertz CT molecular complexity index is 712. The number of aromatic carboxylic acids is 1. The van der Waals surface area contributed by atoms with Gasteiger partial charge in [-0.3, -0.25) is 4.79 Å². The van der Waals surface area contributed by atoms with Crippen molar-refractivity contribution in [2.45, 2.75) is 38.6 Å². The molecule has 0 spiro atoms. The number of nitrogens with zero attached hydrogens (tertiary/aromatic N) is 2. The first kappa shape index (κ1) is 17.6. The summed E-state index contributed by atoms with van der Waals surface area (Å²) in [6.07, 6.45) is 3.01. The van der Waals surface area contributed by atoms with Crippen LogP contribution in [-0.2, 0) is 5.41 Å². The Morgan fingerprint density at radius 3 is 2.21 bits per heavy atom. The molecule has 0 fully saturated rings. The largest absolute Gasteiger partial charge is 0.476 e. The Morgan fingerprint density at radius 2 is 1.71 bits per heavy atom. The summed E-state index contributed by atoms with van der Waals surface area (Å²) < 4.78 is 0. The second kappa shape index (κ2) is 7.21. The second-order valence-corrected chi connectivity index (χ2v) is 6.11. The molecule has 0 aliphatic rings. The number of nitrogens with one attached hydrogen (secondary N) is 1. The van der Waals surface area contributed by atoms with Gasteiger partial charge in [-0.1, -0.05) is 51.1 Å². The summed E-state index contributed by atoms with van der Waals surface area (Å²) in [5, 5.41) is 11.8. The highest BCUT2D eigenvalue weighted by Gasteiger charge is 2.31. The zero-order valence-corrected chi connectivity index (χ0v) is 14.0. The van der Waals surface area contributed by atoms with E-state index in [1.807, 2.05) is 37.3 Å². The molecule has 2 N–H and O–H groups in total. The number of carbonyl (C=O) groups is 2. The lowest BCUT2D eigenvalue weighted by molar-refractivity contribution is 0.0688. The number of hydrogen-bond donors (Lipinski definition) is 2. The van der Waals surface area contributed by atoms with Crippen molar-refractivity contribution in [2.24, 2.45) is 0 Å². The van der Waals surface area contributed by atoms with Gasteiger partial charge in [0.15, 0.2) is 5.69 Å². The van der Waals surface area contributed by atoms with Crippen molar-refractivity contribution in [3.63, 3.8) is 0 Å². The maximum Gasteiger partial charge on any atom is 0.356 e. The molecule has 1 aromatic carbocycles. The standard InChI is InChI=1S/C18H21N3O3/c1-4-15(18(2,3)12-8-6-5-7-9-12)21-16(22)13-10-20-14(11-19-13)17(23)24/h5-11,15H,4H2,1-3H3,(H,21,22)(H,23,24). The summed E-state index contributed by atoms with van der Waals surface area (Å²) in [4.78, 5) is 30.8. The van der Waals surface area contributed by atoms with Crippen LogP contribution in [0.15, 0.2) is 42.7 Å². The van der Waals surface area contributed by atoms with Crippen molar-refractivity contribution in [3.8, 4) is 0 Å². The number of amides is 1. The predicted octanol–water partition coefficient (Wildman–Crippen LogP) is 2.66. The summed E-state index contributed by atoms with van der Waals surface area (Å²) in [5.74, 6) is -1.54. The van der Waals surface area contributed by atoms with Gasteiger partial charge in [0, 0.05) is 11.5 Å². The molecule has 0 radical (unpaired) electrons. The average molecular weight is 327 g/mol. The third-order valence-corrected chi connectivity index (χ3v) is 4.21. The van der Waals surface area contributed by atoms with E-state index < -0.39 is 5.97 Å². The molecular weight excluding hydrogens is 306 g/mol. The van der Waals surface area contributed by atoms with E-state index in [9.17, 15) is 9.59 Å². The monoisotopic (exact) mass is 327 g/mol. The van der Waals surface area contributed by atoms with Gasteiger partial charge in [-0.05, 0) is 12.0 Å². The van der Waals surface area contributed by atoms with Crippen LogP contribution in [0.2, 0.25) is 0 Å². The fraction of sp³-hybridized carbons (Fsp3) is 0.333. The fourth-order valence-corrected chi connectivity index (χ4v) is 2.65. The normalized spacial score (nSPS) is 12.5. The van der Waals surface area contributed by atoms with Crippen molar-refractivity contribution < 1.29 is 14.7 Å². The van der Waals surface area contributed by atoms with E-state index >= 15 is 0 Å². The second-order valence-electron chi connectivity index (χ2n) is 6.11. The summed E-state index contributed by atoms with van der Waals surface area (Å²) in [5.41, 5.74) is 0.773. The number of carboxylic acid groups (broad SMARTS) is 1. The van der Waals surface area contributed by atoms with Crippen LogP contribution in [0.5, 0.6) is 0 Å². The predicted molar refractivity (Wildman–Crippen MR) is 90.0 cm³/mol. The molecule has 0 saturated carbocycles. The Balaban J connectivity index is 2.17. The lowest BCUT2D eigenvalue weighted by atomic mass is 9.76. The van der Waals surface area contributed by atoms with Crippen molar-refractivity contribution in [1.29, 1.82) is 0 Å². The first-order valence-corrected chi connectivity index (χ1v) is 7.78. The summed E-state index contributed by atoms with van der Waals surface area (Å²) in [7, 11) is 0. The highest BCUT2D eigenvalue weighted by molar-refractivity contribution is 5.93. The molecule has 1 amide bonds. The highest BCUT2D eigenvalue weighted by Crippen LogP contribution is 2.28. The van der Waals surface area contributed by atoms with Gasteiger partial charge in [0.2, 0.25) is 0 Å². The van der Waals surface area contributed by atoms with E-state index in [-0.39, 0.29) is 28.8 Å². The van der Waals surface area contributed by atoms with Gasteiger partial charge in [0.05, 0.1) is 12.4 Å². The Hall–Kier alpha value is -2.76. The van der Waals surface area contributed by atoms with E-state index in [2.05, 4.69) is 29.1 Å². The molecule has 6 heteroatoms. The molecule has 0 aliphatic heterocycles. The van der Waals surface area contributed by atoms with Crippen LogP contribution in [0.3, 0.4) is 0 Å². The SMILES string of the molecule is CCC(NC(=O)c1cnc(C(=O)O)cn1)C(C)(C)c1ccccc1. The van der Waals surface area contributed by atoms with E-state index in [0.29, 0.717) is 0 Å². The molecule has 6 nitrogen and oxygen atoms in total. The van der Waals surface area contributed by atoms with Crippen LogP contribution in [-0.4, -0.2) is 33.0 Å². The van der Waals surface area contributed by atoms with E-state index in [1.54, 1.807) is 0 Å². The zero-order valence-electron chi connectivity index (χ0n) is 14.0. The summed E-state index contributed by atoms with van der Waals surface area (Å²) in [6.45, 7) is 6.17. The topological polar surface area (TPSA) is 92.2 Å². The molecule has 2 rings (SSSR count). The highest BCUT2D eigenvalue weighted by atomic mass is 16.4.